The smallest absolute Gasteiger partial charge is 0.187 e. The predicted molar refractivity (Wildman–Crippen MR) is 104 cm³/mol. The van der Waals surface area contributed by atoms with Crippen molar-refractivity contribution in [3.05, 3.63) is 53.1 Å². The zero-order chi connectivity index (χ0) is 18.4. The third-order valence-corrected chi connectivity index (χ3v) is 4.86. The van der Waals surface area contributed by atoms with Crippen LogP contribution in [0.3, 0.4) is 0 Å². The Morgan fingerprint density at radius 2 is 1.76 bits per heavy atom. The molecule has 0 atom stereocenters. The summed E-state index contributed by atoms with van der Waals surface area (Å²) in [5, 5.41) is 27.9. The van der Waals surface area contributed by atoms with Crippen LogP contribution < -0.4 is 9.80 Å². The average molecular weight is 371 g/mol. The van der Waals surface area contributed by atoms with Gasteiger partial charge in [-0.2, -0.15) is 5.26 Å². The zero-order valence-corrected chi connectivity index (χ0v) is 15.2. The molecule has 1 heterocycles. The standard InChI is InChI=1S/C18H15ClN4OS/c1-18(2)16(21)22(13-4-3-11(10-20)15(19)9-13)17(25)23(18)12-5-7-14(24)8-6-12/h3-9,21,24H,1-2H3. The molecule has 1 fully saturated rings. The van der Waals surface area contributed by atoms with E-state index in [1.165, 1.54) is 0 Å². The van der Waals surface area contributed by atoms with E-state index in [1.807, 2.05) is 24.8 Å². The van der Waals surface area contributed by atoms with Crippen molar-refractivity contribution in [2.24, 2.45) is 0 Å². The molecular formula is C18H15ClN4OS. The first kappa shape index (κ1) is 17.2. The van der Waals surface area contributed by atoms with Gasteiger partial charge in [0.05, 0.1) is 21.8 Å². The number of halogens is 1. The minimum Gasteiger partial charge on any atom is -0.508 e. The van der Waals surface area contributed by atoms with Crippen molar-refractivity contribution < 1.29 is 5.11 Å². The summed E-state index contributed by atoms with van der Waals surface area (Å²) in [6.07, 6.45) is 0. The van der Waals surface area contributed by atoms with Gasteiger partial charge in [-0.1, -0.05) is 11.6 Å². The van der Waals surface area contributed by atoms with Gasteiger partial charge >= 0.3 is 0 Å². The molecule has 1 aliphatic rings. The maximum atomic E-state index is 9.51. The molecule has 1 saturated heterocycles. The van der Waals surface area contributed by atoms with Crippen LogP contribution >= 0.6 is 23.8 Å². The van der Waals surface area contributed by atoms with Gasteiger partial charge in [-0.15, -0.1) is 0 Å². The number of nitrogens with zero attached hydrogens (tertiary/aromatic N) is 3. The molecule has 7 heteroatoms. The normalized spacial score (nSPS) is 16.2. The highest BCUT2D eigenvalue weighted by atomic mass is 35.5. The maximum absolute atomic E-state index is 9.51. The van der Waals surface area contributed by atoms with Crippen molar-refractivity contribution in [3.63, 3.8) is 0 Å². The van der Waals surface area contributed by atoms with Crippen LogP contribution in [0.25, 0.3) is 0 Å². The Morgan fingerprint density at radius 3 is 2.32 bits per heavy atom. The lowest BCUT2D eigenvalue weighted by Crippen LogP contribution is -2.44. The number of anilines is 2. The molecule has 0 amide bonds. The summed E-state index contributed by atoms with van der Waals surface area (Å²) >= 11 is 11.8. The molecule has 0 bridgehead atoms. The second kappa shape index (κ2) is 6.03. The SMILES string of the molecule is CC1(C)C(=N)N(c2ccc(C#N)c(Cl)c2)C(=S)N1c1ccc(O)cc1. The number of nitriles is 1. The molecule has 2 N–H and O–H groups in total. The molecule has 0 saturated carbocycles. The van der Waals surface area contributed by atoms with Gasteiger partial charge in [0.2, 0.25) is 0 Å². The van der Waals surface area contributed by atoms with E-state index in [9.17, 15) is 5.11 Å². The number of benzene rings is 2. The van der Waals surface area contributed by atoms with Gasteiger partial charge in [0.1, 0.15) is 17.7 Å². The lowest BCUT2D eigenvalue weighted by molar-refractivity contribution is 0.475. The van der Waals surface area contributed by atoms with E-state index in [0.717, 1.165) is 5.69 Å². The highest BCUT2D eigenvalue weighted by Gasteiger charge is 2.47. The van der Waals surface area contributed by atoms with Gasteiger partial charge in [0.15, 0.2) is 5.11 Å². The second-order valence-electron chi connectivity index (χ2n) is 6.15. The van der Waals surface area contributed by atoms with Crippen molar-refractivity contribution in [1.82, 2.24) is 0 Å². The van der Waals surface area contributed by atoms with Gasteiger partial charge < -0.3 is 10.0 Å². The van der Waals surface area contributed by atoms with E-state index in [0.29, 0.717) is 27.2 Å². The predicted octanol–water partition coefficient (Wildman–Crippen LogP) is 4.28. The Morgan fingerprint density at radius 1 is 1.16 bits per heavy atom. The molecular weight excluding hydrogens is 356 g/mol. The van der Waals surface area contributed by atoms with Crippen LogP contribution in [0.2, 0.25) is 5.02 Å². The van der Waals surface area contributed by atoms with Crippen LogP contribution in [0.4, 0.5) is 11.4 Å². The van der Waals surface area contributed by atoms with E-state index in [1.54, 1.807) is 47.4 Å². The summed E-state index contributed by atoms with van der Waals surface area (Å²) in [5.41, 5.74) is 1.10. The highest BCUT2D eigenvalue weighted by molar-refractivity contribution is 7.81. The quantitative estimate of drug-likeness (QED) is 0.771. The van der Waals surface area contributed by atoms with Gasteiger partial charge in [-0.05, 0) is 68.5 Å². The number of rotatable bonds is 2. The number of hydrogen-bond donors (Lipinski definition) is 2. The Balaban J connectivity index is 2.07. The van der Waals surface area contributed by atoms with Crippen LogP contribution in [0, 0.1) is 16.7 Å². The lowest BCUT2D eigenvalue weighted by Gasteiger charge is -2.30. The van der Waals surface area contributed by atoms with E-state index < -0.39 is 5.54 Å². The first-order valence-electron chi connectivity index (χ1n) is 7.49. The van der Waals surface area contributed by atoms with Crippen LogP contribution in [0.1, 0.15) is 19.4 Å². The van der Waals surface area contributed by atoms with E-state index in [2.05, 4.69) is 0 Å². The van der Waals surface area contributed by atoms with E-state index in [-0.39, 0.29) is 5.75 Å². The van der Waals surface area contributed by atoms with Crippen molar-refractivity contribution in [3.8, 4) is 11.8 Å². The summed E-state index contributed by atoms with van der Waals surface area (Å²) < 4.78 is 0. The van der Waals surface area contributed by atoms with Crippen LogP contribution in [0.15, 0.2) is 42.5 Å². The first-order valence-corrected chi connectivity index (χ1v) is 8.28. The van der Waals surface area contributed by atoms with Crippen molar-refractivity contribution in [1.29, 1.82) is 10.7 Å². The monoisotopic (exact) mass is 370 g/mol. The number of nitrogens with one attached hydrogen (secondary N) is 1. The highest BCUT2D eigenvalue weighted by Crippen LogP contribution is 2.37. The second-order valence-corrected chi connectivity index (χ2v) is 6.93. The summed E-state index contributed by atoms with van der Waals surface area (Å²) in [6.45, 7) is 3.81. The number of phenols is 1. The number of phenolic OH excluding ortho intramolecular Hbond substituents is 1. The Bertz CT molecular complexity index is 918. The zero-order valence-electron chi connectivity index (χ0n) is 13.6. The van der Waals surface area contributed by atoms with Crippen LogP contribution in [-0.2, 0) is 0 Å². The summed E-state index contributed by atoms with van der Waals surface area (Å²) in [7, 11) is 0. The molecule has 25 heavy (non-hydrogen) atoms. The van der Waals surface area contributed by atoms with E-state index >= 15 is 0 Å². The van der Waals surface area contributed by atoms with Crippen LogP contribution in [0.5, 0.6) is 5.75 Å². The molecule has 3 rings (SSSR count). The molecule has 1 aliphatic heterocycles. The van der Waals surface area contributed by atoms with Crippen molar-refractivity contribution in [2.75, 3.05) is 9.80 Å². The molecule has 0 radical (unpaired) electrons. The van der Waals surface area contributed by atoms with Crippen LogP contribution in [-0.4, -0.2) is 21.6 Å². The molecule has 5 nitrogen and oxygen atoms in total. The van der Waals surface area contributed by atoms with E-state index in [4.69, 9.17) is 34.5 Å². The minimum absolute atomic E-state index is 0.164. The lowest BCUT2D eigenvalue weighted by atomic mass is 10.0. The maximum Gasteiger partial charge on any atom is 0.187 e. The topological polar surface area (TPSA) is 74.4 Å². The van der Waals surface area contributed by atoms with Crippen molar-refractivity contribution in [2.45, 2.75) is 19.4 Å². The summed E-state index contributed by atoms with van der Waals surface area (Å²) in [6, 6.07) is 13.7. The largest absolute Gasteiger partial charge is 0.508 e. The third-order valence-electron chi connectivity index (χ3n) is 4.18. The van der Waals surface area contributed by atoms with Crippen molar-refractivity contribution >= 4 is 46.1 Å². The first-order chi connectivity index (χ1) is 11.8. The number of hydrogen-bond acceptors (Lipinski definition) is 4. The number of amidine groups is 1. The fourth-order valence-corrected chi connectivity index (χ4v) is 3.57. The third kappa shape index (κ3) is 2.72. The molecule has 126 valence electrons. The Hall–Kier alpha value is -2.62. The molecule has 0 unspecified atom stereocenters. The fraction of sp³-hybridized carbons (Fsp3) is 0.167. The summed E-state index contributed by atoms with van der Waals surface area (Å²) in [5.74, 6) is 0.462. The van der Waals surface area contributed by atoms with Gasteiger partial charge in [-0.25, -0.2) is 0 Å². The fourth-order valence-electron chi connectivity index (χ4n) is 2.82. The molecule has 0 spiro atoms. The Labute approximate surface area is 156 Å². The molecule has 0 aliphatic carbocycles. The van der Waals surface area contributed by atoms with Gasteiger partial charge in [-0.3, -0.25) is 10.3 Å². The van der Waals surface area contributed by atoms with Gasteiger partial charge in [0.25, 0.3) is 0 Å². The molecule has 2 aromatic carbocycles. The minimum atomic E-state index is -0.686. The number of thiocarbonyl (C=S) groups is 1. The van der Waals surface area contributed by atoms with Gasteiger partial charge in [0, 0.05) is 5.69 Å². The Kier molecular flexibility index (Phi) is 4.15. The number of aromatic hydroxyl groups is 1. The summed E-state index contributed by atoms with van der Waals surface area (Å²) in [4.78, 5) is 3.49. The molecule has 2 aromatic rings. The molecule has 0 aromatic heterocycles. The average Bonchev–Trinajstić information content (AvgIpc) is 2.74.